The summed E-state index contributed by atoms with van der Waals surface area (Å²) in [4.78, 5) is 15.4. The van der Waals surface area contributed by atoms with E-state index in [1.165, 1.54) is 32.8 Å². The summed E-state index contributed by atoms with van der Waals surface area (Å²) in [5.74, 6) is 1.16. The van der Waals surface area contributed by atoms with Crippen molar-refractivity contribution in [3.8, 4) is 0 Å². The molecule has 0 radical (unpaired) electrons. The maximum absolute atomic E-state index is 11.1. The average molecular weight is 238 g/mol. The summed E-state index contributed by atoms with van der Waals surface area (Å²) < 4.78 is 9.63. The second-order valence-electron chi connectivity index (χ2n) is 4.49. The normalized spacial score (nSPS) is 17.7. The van der Waals surface area contributed by atoms with E-state index in [4.69, 9.17) is 4.52 Å². The van der Waals surface area contributed by atoms with Crippen LogP contribution in [-0.2, 0) is 16.0 Å². The second-order valence-corrected chi connectivity index (χ2v) is 4.49. The van der Waals surface area contributed by atoms with E-state index in [1.807, 2.05) is 0 Å². The predicted octanol–water partition coefficient (Wildman–Crippen LogP) is 2.22. The first kappa shape index (κ1) is 12.1. The van der Waals surface area contributed by atoms with Crippen LogP contribution >= 0.6 is 0 Å². The molecular weight excluding hydrogens is 220 g/mol. The first-order valence-corrected chi connectivity index (χ1v) is 6.19. The van der Waals surface area contributed by atoms with Crippen LogP contribution in [0.25, 0.3) is 0 Å². The highest BCUT2D eigenvalue weighted by Gasteiger charge is 2.20. The zero-order chi connectivity index (χ0) is 12.1. The molecule has 0 spiro atoms. The molecule has 0 aromatic carbocycles. The molecule has 1 aliphatic rings. The fourth-order valence-electron chi connectivity index (χ4n) is 2.24. The standard InChI is InChI=1S/C12H18N2O3/c1-16-11(15)8-10-13-12(14-17-10)9-6-4-2-3-5-7-9/h9H,2-8H2,1H3. The number of esters is 1. The molecule has 5 nitrogen and oxygen atoms in total. The Bertz CT molecular complexity index is 368. The maximum atomic E-state index is 11.1. The molecule has 2 rings (SSSR count). The van der Waals surface area contributed by atoms with Crippen molar-refractivity contribution < 1.29 is 14.1 Å². The van der Waals surface area contributed by atoms with E-state index in [-0.39, 0.29) is 12.4 Å². The van der Waals surface area contributed by atoms with E-state index in [2.05, 4.69) is 14.9 Å². The smallest absolute Gasteiger partial charge is 0.315 e. The number of hydrogen-bond acceptors (Lipinski definition) is 5. The van der Waals surface area contributed by atoms with Crippen LogP contribution < -0.4 is 0 Å². The maximum Gasteiger partial charge on any atom is 0.315 e. The third-order valence-corrected chi connectivity index (χ3v) is 3.23. The lowest BCUT2D eigenvalue weighted by molar-refractivity contribution is -0.140. The first-order valence-electron chi connectivity index (χ1n) is 6.19. The summed E-state index contributed by atoms with van der Waals surface area (Å²) in [5.41, 5.74) is 0. The molecule has 5 heteroatoms. The van der Waals surface area contributed by atoms with Crippen molar-refractivity contribution in [1.29, 1.82) is 0 Å². The van der Waals surface area contributed by atoms with Gasteiger partial charge in [0.2, 0.25) is 5.89 Å². The highest BCUT2D eigenvalue weighted by Crippen LogP contribution is 2.29. The Morgan fingerprint density at radius 1 is 1.35 bits per heavy atom. The zero-order valence-electron chi connectivity index (χ0n) is 10.1. The van der Waals surface area contributed by atoms with Gasteiger partial charge in [0, 0.05) is 5.92 Å². The molecule has 0 bridgehead atoms. The lowest BCUT2D eigenvalue weighted by atomic mass is 10.00. The summed E-state index contributed by atoms with van der Waals surface area (Å²) in [5, 5.41) is 3.97. The lowest BCUT2D eigenvalue weighted by Gasteiger charge is -2.07. The van der Waals surface area contributed by atoms with E-state index in [0.29, 0.717) is 11.8 Å². The number of carbonyl (C=O) groups excluding carboxylic acids is 1. The van der Waals surface area contributed by atoms with E-state index >= 15 is 0 Å². The molecule has 17 heavy (non-hydrogen) atoms. The molecule has 0 saturated heterocycles. The topological polar surface area (TPSA) is 65.2 Å². The van der Waals surface area contributed by atoms with Gasteiger partial charge >= 0.3 is 5.97 Å². The van der Waals surface area contributed by atoms with Gasteiger partial charge in [-0.2, -0.15) is 4.98 Å². The molecule has 0 aliphatic heterocycles. The van der Waals surface area contributed by atoms with Crippen molar-refractivity contribution in [1.82, 2.24) is 10.1 Å². The van der Waals surface area contributed by atoms with Crippen molar-refractivity contribution in [2.75, 3.05) is 7.11 Å². The molecule has 1 saturated carbocycles. The van der Waals surface area contributed by atoms with Crippen molar-refractivity contribution in [3.63, 3.8) is 0 Å². The first-order chi connectivity index (χ1) is 8.29. The van der Waals surface area contributed by atoms with Crippen LogP contribution in [0.3, 0.4) is 0 Å². The van der Waals surface area contributed by atoms with Gasteiger partial charge < -0.3 is 9.26 Å². The number of nitrogens with zero attached hydrogens (tertiary/aromatic N) is 2. The van der Waals surface area contributed by atoms with Crippen LogP contribution in [-0.4, -0.2) is 23.2 Å². The van der Waals surface area contributed by atoms with Gasteiger partial charge in [0.15, 0.2) is 5.82 Å². The minimum absolute atomic E-state index is 0.0657. The lowest BCUT2D eigenvalue weighted by Crippen LogP contribution is -2.05. The minimum Gasteiger partial charge on any atom is -0.469 e. The molecule has 0 amide bonds. The fourth-order valence-corrected chi connectivity index (χ4v) is 2.24. The van der Waals surface area contributed by atoms with Gasteiger partial charge in [-0.15, -0.1) is 0 Å². The molecule has 0 unspecified atom stereocenters. The summed E-state index contributed by atoms with van der Waals surface area (Å²) in [7, 11) is 1.35. The number of ether oxygens (including phenoxy) is 1. The van der Waals surface area contributed by atoms with E-state index in [0.717, 1.165) is 18.7 Å². The Hall–Kier alpha value is -1.39. The van der Waals surface area contributed by atoms with Crippen LogP contribution in [0.2, 0.25) is 0 Å². The van der Waals surface area contributed by atoms with E-state index in [1.54, 1.807) is 0 Å². The summed E-state index contributed by atoms with van der Waals surface area (Å²) >= 11 is 0. The highest BCUT2D eigenvalue weighted by atomic mass is 16.5. The van der Waals surface area contributed by atoms with Gasteiger partial charge in [0.05, 0.1) is 7.11 Å². The van der Waals surface area contributed by atoms with Gasteiger partial charge in [-0.3, -0.25) is 4.79 Å². The second kappa shape index (κ2) is 5.80. The van der Waals surface area contributed by atoms with Gasteiger partial charge in [0.25, 0.3) is 0 Å². The third kappa shape index (κ3) is 3.28. The Morgan fingerprint density at radius 2 is 2.06 bits per heavy atom. The van der Waals surface area contributed by atoms with E-state index < -0.39 is 0 Å². The van der Waals surface area contributed by atoms with Gasteiger partial charge in [0.1, 0.15) is 6.42 Å². The van der Waals surface area contributed by atoms with Crippen molar-refractivity contribution in [2.45, 2.75) is 50.9 Å². The van der Waals surface area contributed by atoms with Gasteiger partial charge in [-0.1, -0.05) is 30.8 Å². The molecule has 0 N–H and O–H groups in total. The third-order valence-electron chi connectivity index (χ3n) is 3.23. The molecular formula is C12H18N2O3. The Morgan fingerprint density at radius 3 is 2.71 bits per heavy atom. The van der Waals surface area contributed by atoms with Crippen LogP contribution in [0.4, 0.5) is 0 Å². The Balaban J connectivity index is 1.98. The molecule has 0 atom stereocenters. The SMILES string of the molecule is COC(=O)Cc1nc(C2CCCCCC2)no1. The van der Waals surface area contributed by atoms with Gasteiger partial charge in [-0.25, -0.2) is 0 Å². The predicted molar refractivity (Wildman–Crippen MR) is 60.5 cm³/mol. The number of hydrogen-bond donors (Lipinski definition) is 0. The summed E-state index contributed by atoms with van der Waals surface area (Å²) in [6, 6.07) is 0. The number of methoxy groups -OCH3 is 1. The summed E-state index contributed by atoms with van der Waals surface area (Å²) in [6.07, 6.45) is 7.36. The number of carbonyl (C=O) groups is 1. The summed E-state index contributed by atoms with van der Waals surface area (Å²) in [6.45, 7) is 0. The molecule has 1 aromatic rings. The van der Waals surface area contributed by atoms with Crippen molar-refractivity contribution >= 4 is 5.97 Å². The zero-order valence-corrected chi connectivity index (χ0v) is 10.1. The van der Waals surface area contributed by atoms with Crippen molar-refractivity contribution in [2.24, 2.45) is 0 Å². The molecule has 1 fully saturated rings. The largest absolute Gasteiger partial charge is 0.469 e. The number of rotatable bonds is 3. The fraction of sp³-hybridized carbons (Fsp3) is 0.750. The highest BCUT2D eigenvalue weighted by molar-refractivity contribution is 5.71. The van der Waals surface area contributed by atoms with E-state index in [9.17, 15) is 4.79 Å². The van der Waals surface area contributed by atoms with Crippen molar-refractivity contribution in [3.05, 3.63) is 11.7 Å². The van der Waals surface area contributed by atoms with Crippen LogP contribution in [0, 0.1) is 0 Å². The molecule has 1 heterocycles. The number of aromatic nitrogens is 2. The Kier molecular flexibility index (Phi) is 4.12. The van der Waals surface area contributed by atoms with Crippen LogP contribution in [0.15, 0.2) is 4.52 Å². The monoisotopic (exact) mass is 238 g/mol. The molecule has 1 aliphatic carbocycles. The minimum atomic E-state index is -0.346. The average Bonchev–Trinajstić information content (AvgIpc) is 2.63. The van der Waals surface area contributed by atoms with Crippen LogP contribution in [0.5, 0.6) is 0 Å². The molecule has 94 valence electrons. The van der Waals surface area contributed by atoms with Gasteiger partial charge in [-0.05, 0) is 12.8 Å². The quantitative estimate of drug-likeness (QED) is 0.596. The Labute approximate surface area is 101 Å². The molecule has 1 aromatic heterocycles. The van der Waals surface area contributed by atoms with Crippen LogP contribution in [0.1, 0.15) is 56.2 Å².